The van der Waals surface area contributed by atoms with Gasteiger partial charge in [-0.15, -0.1) is 0 Å². The maximum absolute atomic E-state index is 13.2. The summed E-state index contributed by atoms with van der Waals surface area (Å²) < 4.78 is 18.3. The van der Waals surface area contributed by atoms with E-state index in [1.807, 2.05) is 0 Å². The number of rotatable bonds is 3. The first kappa shape index (κ1) is 15.4. The molecule has 0 bridgehead atoms. The van der Waals surface area contributed by atoms with E-state index in [1.165, 1.54) is 12.1 Å². The number of carbonyl (C=O) groups excluding carboxylic acids is 1. The van der Waals surface area contributed by atoms with Crippen LogP contribution in [0.5, 0.6) is 0 Å². The van der Waals surface area contributed by atoms with Crippen LogP contribution in [0.1, 0.15) is 33.3 Å². The van der Waals surface area contributed by atoms with E-state index in [0.717, 1.165) is 0 Å². The van der Waals surface area contributed by atoms with E-state index in [-0.39, 0.29) is 12.4 Å². The zero-order valence-electron chi connectivity index (χ0n) is 11.8. The maximum atomic E-state index is 13.2. The van der Waals surface area contributed by atoms with Gasteiger partial charge in [0.2, 0.25) is 0 Å². The normalized spacial score (nSPS) is 14.6. The van der Waals surface area contributed by atoms with Gasteiger partial charge in [-0.3, -0.25) is 0 Å². The number of nitrogens with one attached hydrogen (secondary N) is 1. The summed E-state index contributed by atoms with van der Waals surface area (Å²) in [4.78, 5) is 11.5. The smallest absolute Gasteiger partial charge is 0.407 e. The van der Waals surface area contributed by atoms with Gasteiger partial charge in [-0.1, -0.05) is 12.1 Å². The molecule has 0 saturated carbocycles. The minimum atomic E-state index is -0.862. The van der Waals surface area contributed by atoms with Gasteiger partial charge < -0.3 is 15.8 Å². The molecule has 5 heteroatoms. The summed E-state index contributed by atoms with van der Waals surface area (Å²) >= 11 is 0. The lowest BCUT2D eigenvalue weighted by atomic mass is 9.93. The molecule has 1 aromatic rings. The summed E-state index contributed by atoms with van der Waals surface area (Å²) in [5.41, 5.74) is 5.27. The number of amides is 1. The highest BCUT2D eigenvalue weighted by atomic mass is 19.1. The Labute approximate surface area is 113 Å². The van der Waals surface area contributed by atoms with E-state index < -0.39 is 17.2 Å². The molecule has 0 heterocycles. The predicted octanol–water partition coefficient (Wildman–Crippen LogP) is 2.52. The van der Waals surface area contributed by atoms with Crippen LogP contribution < -0.4 is 11.1 Å². The Morgan fingerprint density at radius 1 is 1.37 bits per heavy atom. The van der Waals surface area contributed by atoms with Crippen molar-refractivity contribution in [3.63, 3.8) is 0 Å². The summed E-state index contributed by atoms with van der Waals surface area (Å²) in [7, 11) is 0. The highest BCUT2D eigenvalue weighted by Gasteiger charge is 2.24. The molecule has 0 saturated heterocycles. The third-order valence-electron chi connectivity index (χ3n) is 2.48. The number of hydrogen-bond donors (Lipinski definition) is 2. The van der Waals surface area contributed by atoms with Crippen LogP contribution in [0.15, 0.2) is 24.3 Å². The van der Waals surface area contributed by atoms with Gasteiger partial charge in [0.1, 0.15) is 11.4 Å². The van der Waals surface area contributed by atoms with Crippen molar-refractivity contribution in [2.24, 2.45) is 5.73 Å². The predicted molar refractivity (Wildman–Crippen MR) is 72.2 cm³/mol. The second kappa shape index (κ2) is 5.57. The minimum absolute atomic E-state index is 0.158. The highest BCUT2D eigenvalue weighted by Crippen LogP contribution is 2.18. The third kappa shape index (κ3) is 5.26. The molecule has 0 fully saturated rings. The molecule has 19 heavy (non-hydrogen) atoms. The van der Waals surface area contributed by atoms with Crippen LogP contribution in [0, 0.1) is 5.82 Å². The number of halogens is 1. The van der Waals surface area contributed by atoms with Crippen LogP contribution in [0.3, 0.4) is 0 Å². The average molecular weight is 268 g/mol. The van der Waals surface area contributed by atoms with Crippen molar-refractivity contribution in [1.29, 1.82) is 0 Å². The first-order chi connectivity index (χ1) is 8.60. The summed E-state index contributed by atoms with van der Waals surface area (Å²) in [6, 6.07) is 6.01. The Morgan fingerprint density at radius 2 is 2.00 bits per heavy atom. The van der Waals surface area contributed by atoms with E-state index in [1.54, 1.807) is 39.8 Å². The average Bonchev–Trinajstić information content (AvgIpc) is 2.24. The van der Waals surface area contributed by atoms with Crippen LogP contribution in [-0.2, 0) is 10.3 Å². The van der Waals surface area contributed by atoms with Crippen molar-refractivity contribution in [1.82, 2.24) is 5.32 Å². The number of hydrogen-bond acceptors (Lipinski definition) is 3. The quantitative estimate of drug-likeness (QED) is 0.885. The lowest BCUT2D eigenvalue weighted by Crippen LogP contribution is -2.46. The molecule has 0 aliphatic heterocycles. The second-order valence-electron chi connectivity index (χ2n) is 5.78. The standard InChI is InChI=1S/C14H21FN2O2/c1-13(2,3)19-12(18)17-9-14(4,16)10-6-5-7-11(15)8-10/h5-8H,9,16H2,1-4H3,(H,17,18). The Hall–Kier alpha value is -1.62. The van der Waals surface area contributed by atoms with E-state index in [4.69, 9.17) is 10.5 Å². The second-order valence-corrected chi connectivity index (χ2v) is 5.78. The van der Waals surface area contributed by atoms with E-state index in [2.05, 4.69) is 5.32 Å². The first-order valence-corrected chi connectivity index (χ1v) is 6.12. The first-order valence-electron chi connectivity index (χ1n) is 6.12. The molecule has 1 unspecified atom stereocenters. The molecule has 0 aliphatic carbocycles. The van der Waals surface area contributed by atoms with Crippen molar-refractivity contribution in [2.45, 2.75) is 38.8 Å². The van der Waals surface area contributed by atoms with Crippen molar-refractivity contribution >= 4 is 6.09 Å². The van der Waals surface area contributed by atoms with Gasteiger partial charge in [-0.05, 0) is 45.4 Å². The topological polar surface area (TPSA) is 64.3 Å². The van der Waals surface area contributed by atoms with E-state index in [9.17, 15) is 9.18 Å². The number of alkyl carbamates (subject to hydrolysis) is 1. The summed E-state index contributed by atoms with van der Waals surface area (Å²) in [5.74, 6) is -0.355. The Bertz CT molecular complexity index is 453. The third-order valence-corrected chi connectivity index (χ3v) is 2.48. The Morgan fingerprint density at radius 3 is 2.53 bits per heavy atom. The zero-order chi connectivity index (χ0) is 14.7. The van der Waals surface area contributed by atoms with Crippen molar-refractivity contribution in [3.8, 4) is 0 Å². The lowest BCUT2D eigenvalue weighted by Gasteiger charge is -2.27. The van der Waals surface area contributed by atoms with Gasteiger partial charge >= 0.3 is 6.09 Å². The summed E-state index contributed by atoms with van der Waals surface area (Å²) in [6.45, 7) is 7.22. The maximum Gasteiger partial charge on any atom is 0.407 e. The molecule has 0 aliphatic rings. The van der Waals surface area contributed by atoms with Crippen LogP contribution in [-0.4, -0.2) is 18.2 Å². The van der Waals surface area contributed by atoms with Gasteiger partial charge in [-0.25, -0.2) is 9.18 Å². The molecule has 106 valence electrons. The van der Waals surface area contributed by atoms with Crippen LogP contribution in [0.2, 0.25) is 0 Å². The Balaban J connectivity index is 2.63. The summed E-state index contributed by atoms with van der Waals surface area (Å²) in [6.07, 6.45) is -0.541. The van der Waals surface area contributed by atoms with Gasteiger partial charge in [0, 0.05) is 6.54 Å². The molecule has 4 nitrogen and oxygen atoms in total. The number of benzene rings is 1. The van der Waals surface area contributed by atoms with Crippen LogP contribution >= 0.6 is 0 Å². The van der Waals surface area contributed by atoms with Gasteiger partial charge in [0.15, 0.2) is 0 Å². The molecule has 0 spiro atoms. The van der Waals surface area contributed by atoms with Crippen LogP contribution in [0.4, 0.5) is 9.18 Å². The fourth-order valence-corrected chi connectivity index (χ4v) is 1.52. The zero-order valence-corrected chi connectivity index (χ0v) is 11.8. The minimum Gasteiger partial charge on any atom is -0.444 e. The molecule has 3 N–H and O–H groups in total. The number of nitrogens with two attached hydrogens (primary N) is 1. The van der Waals surface area contributed by atoms with Gasteiger partial charge in [-0.2, -0.15) is 0 Å². The van der Waals surface area contributed by atoms with E-state index in [0.29, 0.717) is 5.56 Å². The van der Waals surface area contributed by atoms with E-state index >= 15 is 0 Å². The van der Waals surface area contributed by atoms with Crippen LogP contribution in [0.25, 0.3) is 0 Å². The largest absolute Gasteiger partial charge is 0.444 e. The molecule has 0 radical (unpaired) electrons. The molecular formula is C14H21FN2O2. The molecule has 1 rings (SSSR count). The fourth-order valence-electron chi connectivity index (χ4n) is 1.52. The molecule has 1 atom stereocenters. The molecule has 1 amide bonds. The van der Waals surface area contributed by atoms with Crippen molar-refractivity contribution < 1.29 is 13.9 Å². The number of ether oxygens (including phenoxy) is 1. The fraction of sp³-hybridized carbons (Fsp3) is 0.500. The van der Waals surface area contributed by atoms with Gasteiger partial charge in [0.05, 0.1) is 5.54 Å². The van der Waals surface area contributed by atoms with Crippen molar-refractivity contribution in [3.05, 3.63) is 35.6 Å². The molecule has 0 aromatic heterocycles. The SMILES string of the molecule is CC(C)(C)OC(=O)NCC(C)(N)c1cccc(F)c1. The monoisotopic (exact) mass is 268 g/mol. The molecular weight excluding hydrogens is 247 g/mol. The number of carbonyl (C=O) groups is 1. The lowest BCUT2D eigenvalue weighted by molar-refractivity contribution is 0.0516. The Kier molecular flexibility index (Phi) is 4.52. The highest BCUT2D eigenvalue weighted by molar-refractivity contribution is 5.67. The van der Waals surface area contributed by atoms with Crippen molar-refractivity contribution in [2.75, 3.05) is 6.54 Å². The van der Waals surface area contributed by atoms with Gasteiger partial charge in [0.25, 0.3) is 0 Å². The molecule has 1 aromatic carbocycles. The summed E-state index contributed by atoms with van der Waals surface area (Å²) in [5, 5.41) is 2.59.